The lowest BCUT2D eigenvalue weighted by molar-refractivity contribution is -0.120. The zero-order valence-corrected chi connectivity index (χ0v) is 13.8. The molecule has 0 bridgehead atoms. The lowest BCUT2D eigenvalue weighted by atomic mass is 10.2. The van der Waals surface area contributed by atoms with Crippen molar-refractivity contribution in [2.75, 3.05) is 0 Å². The van der Waals surface area contributed by atoms with Crippen molar-refractivity contribution >= 4 is 29.3 Å². The Morgan fingerprint density at radius 1 is 1.18 bits per heavy atom. The molecule has 0 aliphatic rings. The van der Waals surface area contributed by atoms with Gasteiger partial charge in [-0.25, -0.2) is 4.39 Å². The average Bonchev–Trinajstić information content (AvgIpc) is 2.53. The van der Waals surface area contributed by atoms with Crippen LogP contribution in [0.3, 0.4) is 0 Å². The van der Waals surface area contributed by atoms with Gasteiger partial charge in [-0.3, -0.25) is 4.79 Å². The van der Waals surface area contributed by atoms with Crippen LogP contribution in [0.25, 0.3) is 0 Å². The maximum atomic E-state index is 12.8. The van der Waals surface area contributed by atoms with Gasteiger partial charge in [0.15, 0.2) is 0 Å². The van der Waals surface area contributed by atoms with Crippen LogP contribution in [0.15, 0.2) is 53.4 Å². The minimum absolute atomic E-state index is 0.0215. The van der Waals surface area contributed by atoms with E-state index in [0.29, 0.717) is 11.6 Å². The third-order valence-electron chi connectivity index (χ3n) is 3.14. The second-order valence-corrected chi connectivity index (χ2v) is 6.53. The molecule has 0 aromatic heterocycles. The van der Waals surface area contributed by atoms with Gasteiger partial charge in [-0.2, -0.15) is 0 Å². The third-order valence-corrected chi connectivity index (χ3v) is 4.76. The molecular weight excluding hydrogens is 321 g/mol. The summed E-state index contributed by atoms with van der Waals surface area (Å²) in [6.07, 6.45) is 0.725. The highest BCUT2D eigenvalue weighted by atomic mass is 35.5. The molecule has 22 heavy (non-hydrogen) atoms. The number of halogens is 2. The Morgan fingerprint density at radius 2 is 1.82 bits per heavy atom. The molecule has 0 radical (unpaired) electrons. The molecule has 0 unspecified atom stereocenters. The molecule has 116 valence electrons. The summed E-state index contributed by atoms with van der Waals surface area (Å²) >= 11 is 7.37. The Labute approximate surface area is 139 Å². The minimum atomic E-state index is -0.278. The molecule has 1 amide bonds. The van der Waals surface area contributed by atoms with Gasteiger partial charge in [-0.1, -0.05) is 30.7 Å². The Balaban J connectivity index is 1.91. The van der Waals surface area contributed by atoms with Crippen LogP contribution in [0.1, 0.15) is 18.9 Å². The van der Waals surface area contributed by atoms with E-state index >= 15 is 0 Å². The fourth-order valence-electron chi connectivity index (χ4n) is 1.90. The van der Waals surface area contributed by atoms with Gasteiger partial charge in [-0.05, 0) is 48.4 Å². The van der Waals surface area contributed by atoms with Crippen molar-refractivity contribution in [2.45, 2.75) is 30.0 Å². The third kappa shape index (κ3) is 5.04. The molecule has 0 saturated heterocycles. The van der Waals surface area contributed by atoms with E-state index in [4.69, 9.17) is 11.6 Å². The summed E-state index contributed by atoms with van der Waals surface area (Å²) in [6, 6.07) is 13.6. The highest BCUT2D eigenvalue weighted by Crippen LogP contribution is 2.26. The topological polar surface area (TPSA) is 29.1 Å². The van der Waals surface area contributed by atoms with E-state index in [-0.39, 0.29) is 17.0 Å². The number of hydrogen-bond donors (Lipinski definition) is 1. The number of amides is 1. The normalized spacial score (nSPS) is 12.0. The van der Waals surface area contributed by atoms with E-state index in [2.05, 4.69) is 5.32 Å². The van der Waals surface area contributed by atoms with Crippen LogP contribution < -0.4 is 5.32 Å². The monoisotopic (exact) mass is 337 g/mol. The van der Waals surface area contributed by atoms with Crippen molar-refractivity contribution in [1.82, 2.24) is 5.32 Å². The number of hydrogen-bond acceptors (Lipinski definition) is 2. The SMILES string of the molecule is CC[C@H](Sc1ccc(Cl)cc1)C(=O)NCc1ccc(F)cc1. The van der Waals surface area contributed by atoms with Crippen LogP contribution >= 0.6 is 23.4 Å². The summed E-state index contributed by atoms with van der Waals surface area (Å²) in [4.78, 5) is 13.3. The molecule has 1 atom stereocenters. The van der Waals surface area contributed by atoms with E-state index in [9.17, 15) is 9.18 Å². The number of rotatable bonds is 6. The van der Waals surface area contributed by atoms with Crippen molar-refractivity contribution in [2.24, 2.45) is 0 Å². The van der Waals surface area contributed by atoms with Gasteiger partial charge in [0.25, 0.3) is 0 Å². The number of nitrogens with one attached hydrogen (secondary N) is 1. The van der Waals surface area contributed by atoms with Gasteiger partial charge in [0, 0.05) is 16.5 Å². The van der Waals surface area contributed by atoms with Crippen LogP contribution in [-0.2, 0) is 11.3 Å². The van der Waals surface area contributed by atoms with E-state index < -0.39 is 0 Å². The fourth-order valence-corrected chi connectivity index (χ4v) is 3.01. The Kier molecular flexibility index (Phi) is 6.28. The van der Waals surface area contributed by atoms with Crippen molar-refractivity contribution < 1.29 is 9.18 Å². The molecule has 2 nitrogen and oxygen atoms in total. The van der Waals surface area contributed by atoms with Crippen molar-refractivity contribution in [3.05, 3.63) is 64.9 Å². The van der Waals surface area contributed by atoms with Crippen molar-refractivity contribution in [1.29, 1.82) is 0 Å². The standard InChI is InChI=1S/C17H17ClFNOS/c1-2-16(22-15-9-5-13(18)6-10-15)17(21)20-11-12-3-7-14(19)8-4-12/h3-10,16H,2,11H2,1H3,(H,20,21)/t16-/m0/s1. The first-order valence-electron chi connectivity index (χ1n) is 7.03. The summed E-state index contributed by atoms with van der Waals surface area (Å²) < 4.78 is 12.8. The summed E-state index contributed by atoms with van der Waals surface area (Å²) in [6.45, 7) is 2.38. The molecule has 5 heteroatoms. The van der Waals surface area contributed by atoms with Gasteiger partial charge < -0.3 is 5.32 Å². The lowest BCUT2D eigenvalue weighted by Gasteiger charge is -2.15. The van der Waals surface area contributed by atoms with Crippen LogP contribution in [0, 0.1) is 5.82 Å². The molecular formula is C17H17ClFNOS. The Bertz CT molecular complexity index is 616. The predicted octanol–water partition coefficient (Wildman–Crippen LogP) is 4.67. The van der Waals surface area contributed by atoms with Gasteiger partial charge in [0.1, 0.15) is 5.82 Å². The summed E-state index contributed by atoms with van der Waals surface area (Å²) in [5, 5.41) is 3.41. The maximum absolute atomic E-state index is 12.8. The highest BCUT2D eigenvalue weighted by molar-refractivity contribution is 8.00. The second kappa shape index (κ2) is 8.20. The molecule has 0 spiro atoms. The Hall–Kier alpha value is -1.52. The number of carbonyl (C=O) groups excluding carboxylic acids is 1. The van der Waals surface area contributed by atoms with Gasteiger partial charge in [-0.15, -0.1) is 11.8 Å². The fraction of sp³-hybridized carbons (Fsp3) is 0.235. The van der Waals surface area contributed by atoms with Crippen LogP contribution in [0.2, 0.25) is 5.02 Å². The van der Waals surface area contributed by atoms with Crippen LogP contribution in [0.4, 0.5) is 4.39 Å². The predicted molar refractivity (Wildman–Crippen MR) is 89.6 cm³/mol. The molecule has 0 heterocycles. The summed E-state index contributed by atoms with van der Waals surface area (Å²) in [5.41, 5.74) is 0.876. The zero-order valence-electron chi connectivity index (χ0n) is 12.2. The van der Waals surface area contributed by atoms with E-state index in [1.165, 1.54) is 23.9 Å². The van der Waals surface area contributed by atoms with E-state index in [1.807, 2.05) is 31.2 Å². The molecule has 0 aliphatic carbocycles. The van der Waals surface area contributed by atoms with Crippen LogP contribution in [-0.4, -0.2) is 11.2 Å². The number of carbonyl (C=O) groups is 1. The average molecular weight is 338 g/mol. The zero-order chi connectivity index (χ0) is 15.9. The molecule has 0 fully saturated rings. The van der Waals surface area contributed by atoms with Crippen LogP contribution in [0.5, 0.6) is 0 Å². The number of thioether (sulfide) groups is 1. The maximum Gasteiger partial charge on any atom is 0.233 e. The molecule has 0 saturated carbocycles. The lowest BCUT2D eigenvalue weighted by Crippen LogP contribution is -2.31. The largest absolute Gasteiger partial charge is 0.351 e. The number of benzene rings is 2. The van der Waals surface area contributed by atoms with Crippen molar-refractivity contribution in [3.8, 4) is 0 Å². The first-order valence-corrected chi connectivity index (χ1v) is 8.28. The van der Waals surface area contributed by atoms with Gasteiger partial charge in [0.2, 0.25) is 5.91 Å². The molecule has 2 rings (SSSR count). The quantitative estimate of drug-likeness (QED) is 0.776. The van der Waals surface area contributed by atoms with E-state index in [1.54, 1.807) is 12.1 Å². The summed E-state index contributed by atoms with van der Waals surface area (Å²) in [7, 11) is 0. The van der Waals surface area contributed by atoms with Gasteiger partial charge in [0.05, 0.1) is 5.25 Å². The molecule has 1 N–H and O–H groups in total. The molecule has 0 aliphatic heterocycles. The second-order valence-electron chi connectivity index (χ2n) is 4.81. The highest BCUT2D eigenvalue weighted by Gasteiger charge is 2.17. The molecule has 2 aromatic carbocycles. The summed E-state index contributed by atoms with van der Waals surface area (Å²) in [5.74, 6) is -0.299. The molecule has 2 aromatic rings. The van der Waals surface area contributed by atoms with E-state index in [0.717, 1.165) is 16.9 Å². The van der Waals surface area contributed by atoms with Crippen molar-refractivity contribution in [3.63, 3.8) is 0 Å². The first kappa shape index (κ1) is 16.8. The first-order chi connectivity index (χ1) is 10.6. The van der Waals surface area contributed by atoms with Gasteiger partial charge >= 0.3 is 0 Å². The minimum Gasteiger partial charge on any atom is -0.351 e. The smallest absolute Gasteiger partial charge is 0.233 e. The Morgan fingerprint density at radius 3 is 2.41 bits per heavy atom.